The summed E-state index contributed by atoms with van der Waals surface area (Å²) in [6.45, 7) is 6.40. The minimum absolute atomic E-state index is 0.0522. The van der Waals surface area contributed by atoms with Gasteiger partial charge < -0.3 is 14.4 Å². The van der Waals surface area contributed by atoms with E-state index in [4.69, 9.17) is 0 Å². The van der Waals surface area contributed by atoms with E-state index in [-0.39, 0.29) is 11.9 Å². The third-order valence-corrected chi connectivity index (χ3v) is 5.13. The van der Waals surface area contributed by atoms with Crippen LogP contribution < -0.4 is 0 Å². The van der Waals surface area contributed by atoms with Crippen LogP contribution in [-0.4, -0.2) is 61.4 Å². The quantitative estimate of drug-likeness (QED) is 0.850. The topological polar surface area (TPSA) is 67.2 Å². The van der Waals surface area contributed by atoms with E-state index in [1.165, 1.54) is 19.3 Å². The first-order valence-corrected chi connectivity index (χ1v) is 9.01. The van der Waals surface area contributed by atoms with Crippen LogP contribution in [-0.2, 0) is 6.54 Å². The van der Waals surface area contributed by atoms with Crippen molar-refractivity contribution in [2.45, 2.75) is 38.8 Å². The Balaban J connectivity index is 1.52. The molecule has 1 amide bonds. The SMILES string of the molecule is Cc1cnc(C(=O)N2Cc3cncn3[C@H](CN3CCCCC3)C2)cn1. The Morgan fingerprint density at radius 3 is 2.76 bits per heavy atom. The minimum atomic E-state index is -0.0522. The zero-order chi connectivity index (χ0) is 17.2. The van der Waals surface area contributed by atoms with Crippen LogP contribution in [0.25, 0.3) is 0 Å². The summed E-state index contributed by atoms with van der Waals surface area (Å²) in [6, 6.07) is 0.242. The van der Waals surface area contributed by atoms with Gasteiger partial charge in [0.15, 0.2) is 0 Å². The molecule has 7 heteroatoms. The van der Waals surface area contributed by atoms with E-state index < -0.39 is 0 Å². The van der Waals surface area contributed by atoms with Crippen LogP contribution in [0.5, 0.6) is 0 Å². The Morgan fingerprint density at radius 1 is 1.16 bits per heavy atom. The molecular weight excluding hydrogens is 316 g/mol. The fraction of sp³-hybridized carbons (Fsp3) is 0.556. The van der Waals surface area contributed by atoms with E-state index in [2.05, 4.69) is 24.4 Å². The van der Waals surface area contributed by atoms with Gasteiger partial charge in [-0.1, -0.05) is 6.42 Å². The number of nitrogens with zero attached hydrogens (tertiary/aromatic N) is 6. The highest BCUT2D eigenvalue weighted by molar-refractivity contribution is 5.92. The van der Waals surface area contributed by atoms with Crippen molar-refractivity contribution in [1.29, 1.82) is 0 Å². The summed E-state index contributed by atoms with van der Waals surface area (Å²) in [4.78, 5) is 30.0. The monoisotopic (exact) mass is 340 g/mol. The molecular formula is C18H24N6O. The number of amides is 1. The second-order valence-corrected chi connectivity index (χ2v) is 7.04. The van der Waals surface area contributed by atoms with Crippen molar-refractivity contribution < 1.29 is 4.79 Å². The number of hydrogen-bond acceptors (Lipinski definition) is 5. The molecule has 1 fully saturated rings. The lowest BCUT2D eigenvalue weighted by Gasteiger charge is -2.38. The van der Waals surface area contributed by atoms with Crippen molar-refractivity contribution in [2.75, 3.05) is 26.2 Å². The van der Waals surface area contributed by atoms with Gasteiger partial charge in [-0.25, -0.2) is 9.97 Å². The molecule has 2 aromatic rings. The van der Waals surface area contributed by atoms with Gasteiger partial charge in [-0.3, -0.25) is 9.78 Å². The summed E-state index contributed by atoms with van der Waals surface area (Å²) < 4.78 is 2.24. The van der Waals surface area contributed by atoms with Gasteiger partial charge in [0, 0.05) is 25.5 Å². The molecule has 0 N–H and O–H groups in total. The lowest BCUT2D eigenvalue weighted by atomic mass is 10.1. The van der Waals surface area contributed by atoms with Gasteiger partial charge in [0.1, 0.15) is 5.69 Å². The average Bonchev–Trinajstić information content (AvgIpc) is 3.11. The van der Waals surface area contributed by atoms with Crippen molar-refractivity contribution in [3.8, 4) is 0 Å². The summed E-state index contributed by atoms with van der Waals surface area (Å²) in [6.07, 6.45) is 10.8. The summed E-state index contributed by atoms with van der Waals surface area (Å²) in [5.74, 6) is -0.0522. The van der Waals surface area contributed by atoms with E-state index in [9.17, 15) is 4.79 Å². The number of fused-ring (bicyclic) bond motifs is 1. The zero-order valence-electron chi connectivity index (χ0n) is 14.6. The third-order valence-electron chi connectivity index (χ3n) is 5.13. The fourth-order valence-corrected chi connectivity index (χ4v) is 3.79. The van der Waals surface area contributed by atoms with Crippen LogP contribution in [0, 0.1) is 6.92 Å². The van der Waals surface area contributed by atoms with Crippen LogP contribution in [0.4, 0.5) is 0 Å². The molecule has 25 heavy (non-hydrogen) atoms. The number of rotatable bonds is 3. The highest BCUT2D eigenvalue weighted by Crippen LogP contribution is 2.24. The van der Waals surface area contributed by atoms with Crippen LogP contribution in [0.15, 0.2) is 24.9 Å². The first-order valence-electron chi connectivity index (χ1n) is 9.01. The van der Waals surface area contributed by atoms with E-state index in [1.807, 2.05) is 24.3 Å². The first kappa shape index (κ1) is 16.2. The molecule has 1 atom stereocenters. The summed E-state index contributed by atoms with van der Waals surface area (Å²) in [7, 11) is 0. The number of likely N-dealkylation sites (tertiary alicyclic amines) is 1. The fourth-order valence-electron chi connectivity index (χ4n) is 3.79. The number of carbonyl (C=O) groups excluding carboxylic acids is 1. The summed E-state index contributed by atoms with van der Waals surface area (Å²) >= 11 is 0. The number of hydrogen-bond donors (Lipinski definition) is 0. The largest absolute Gasteiger partial charge is 0.329 e. The van der Waals surface area contributed by atoms with Gasteiger partial charge >= 0.3 is 0 Å². The Hall–Kier alpha value is -2.28. The van der Waals surface area contributed by atoms with E-state index >= 15 is 0 Å². The van der Waals surface area contributed by atoms with Gasteiger partial charge in [0.25, 0.3) is 5.91 Å². The predicted molar refractivity (Wildman–Crippen MR) is 93.1 cm³/mol. The molecule has 132 valence electrons. The molecule has 4 heterocycles. The molecule has 7 nitrogen and oxygen atoms in total. The smallest absolute Gasteiger partial charge is 0.274 e. The highest BCUT2D eigenvalue weighted by Gasteiger charge is 2.30. The molecule has 0 aliphatic carbocycles. The van der Waals surface area contributed by atoms with E-state index in [0.717, 1.165) is 31.0 Å². The second-order valence-electron chi connectivity index (χ2n) is 7.04. The number of aryl methyl sites for hydroxylation is 1. The van der Waals surface area contributed by atoms with Crippen LogP contribution in [0.2, 0.25) is 0 Å². The van der Waals surface area contributed by atoms with Gasteiger partial charge in [-0.15, -0.1) is 0 Å². The maximum Gasteiger partial charge on any atom is 0.274 e. The molecule has 2 aliphatic rings. The zero-order valence-corrected chi connectivity index (χ0v) is 14.6. The van der Waals surface area contributed by atoms with Crippen molar-refractivity contribution in [3.05, 3.63) is 42.0 Å². The Morgan fingerprint density at radius 2 is 2.00 bits per heavy atom. The van der Waals surface area contributed by atoms with Crippen molar-refractivity contribution in [2.24, 2.45) is 0 Å². The maximum absolute atomic E-state index is 12.9. The molecule has 0 radical (unpaired) electrons. The first-order chi connectivity index (χ1) is 12.2. The molecule has 0 bridgehead atoms. The van der Waals surface area contributed by atoms with E-state index in [1.54, 1.807) is 12.4 Å². The van der Waals surface area contributed by atoms with Crippen LogP contribution in [0.3, 0.4) is 0 Å². The Labute approximate surface area is 147 Å². The molecule has 2 aromatic heterocycles. The van der Waals surface area contributed by atoms with Crippen molar-refractivity contribution in [3.63, 3.8) is 0 Å². The average molecular weight is 340 g/mol. The minimum Gasteiger partial charge on any atom is -0.329 e. The molecule has 0 unspecified atom stereocenters. The normalized spacial score (nSPS) is 21.2. The van der Waals surface area contributed by atoms with E-state index in [0.29, 0.717) is 18.8 Å². The number of aromatic nitrogens is 4. The number of carbonyl (C=O) groups is 1. The summed E-state index contributed by atoms with van der Waals surface area (Å²) in [5.41, 5.74) is 2.31. The van der Waals surface area contributed by atoms with Gasteiger partial charge in [-0.05, 0) is 32.9 Å². The Kier molecular flexibility index (Phi) is 4.48. The third kappa shape index (κ3) is 3.42. The van der Waals surface area contributed by atoms with Crippen LogP contribution >= 0.6 is 0 Å². The standard InChI is InChI=1S/C18H24N6O/c1-14-7-21-17(9-20-14)18(25)23-11-15-8-19-13-24(15)16(12-23)10-22-5-3-2-4-6-22/h7-9,13,16H,2-6,10-12H2,1H3/t16-/m1/s1. The van der Waals surface area contributed by atoms with Gasteiger partial charge in [0.05, 0.1) is 36.5 Å². The molecule has 0 saturated carbocycles. The lowest BCUT2D eigenvalue weighted by molar-refractivity contribution is 0.0639. The van der Waals surface area contributed by atoms with Gasteiger partial charge in [0.2, 0.25) is 0 Å². The Bertz CT molecular complexity index is 734. The molecule has 0 aromatic carbocycles. The molecule has 0 spiro atoms. The van der Waals surface area contributed by atoms with Crippen LogP contribution in [0.1, 0.15) is 47.2 Å². The number of imidazole rings is 1. The van der Waals surface area contributed by atoms with Gasteiger partial charge in [-0.2, -0.15) is 0 Å². The maximum atomic E-state index is 12.9. The van der Waals surface area contributed by atoms with Crippen molar-refractivity contribution in [1.82, 2.24) is 29.3 Å². The highest BCUT2D eigenvalue weighted by atomic mass is 16.2. The molecule has 1 saturated heterocycles. The van der Waals surface area contributed by atoms with Crippen molar-refractivity contribution >= 4 is 5.91 Å². The molecule has 2 aliphatic heterocycles. The lowest BCUT2D eigenvalue weighted by Crippen LogP contribution is -2.45. The second kappa shape index (κ2) is 6.92. The molecule has 4 rings (SSSR count). The predicted octanol–water partition coefficient (Wildman–Crippen LogP) is 1.66. The number of piperidine rings is 1. The summed E-state index contributed by atoms with van der Waals surface area (Å²) in [5, 5.41) is 0.